The van der Waals surface area contributed by atoms with Crippen LogP contribution in [-0.4, -0.2) is 19.9 Å². The minimum Gasteiger partial charge on any atom is -0.379 e. The zero-order valence-electron chi connectivity index (χ0n) is 9.51. The number of fused-ring (bicyclic) bond motifs is 1. The molecule has 0 aliphatic carbocycles. The van der Waals surface area contributed by atoms with Crippen LogP contribution in [0.2, 0.25) is 0 Å². The van der Waals surface area contributed by atoms with Crippen LogP contribution in [-0.2, 0) is 7.05 Å². The molecule has 17 heavy (non-hydrogen) atoms. The molecule has 0 fully saturated rings. The van der Waals surface area contributed by atoms with E-state index >= 15 is 0 Å². The van der Waals surface area contributed by atoms with E-state index in [0.717, 1.165) is 16.6 Å². The maximum absolute atomic E-state index is 5.67. The van der Waals surface area contributed by atoms with Crippen molar-refractivity contribution in [1.82, 2.24) is 19.9 Å². The van der Waals surface area contributed by atoms with Gasteiger partial charge in [-0.3, -0.25) is 0 Å². The van der Waals surface area contributed by atoms with Crippen LogP contribution >= 0.6 is 0 Å². The molecule has 0 aliphatic heterocycles. The Hall–Kier alpha value is -2.37. The van der Waals surface area contributed by atoms with Crippen molar-refractivity contribution in [2.75, 3.05) is 5.73 Å². The highest BCUT2D eigenvalue weighted by atomic mass is 16.6. The number of benzene rings is 1. The van der Waals surface area contributed by atoms with Crippen molar-refractivity contribution in [1.29, 1.82) is 0 Å². The molecular formula is C11H11N5O. The molecule has 2 aromatic heterocycles. The van der Waals surface area contributed by atoms with Gasteiger partial charge in [-0.2, -0.15) is 0 Å². The van der Waals surface area contributed by atoms with Crippen molar-refractivity contribution in [3.63, 3.8) is 0 Å². The normalized spacial score (nSPS) is 11.2. The number of nitrogens with two attached hydrogens (primary N) is 1. The lowest BCUT2D eigenvalue weighted by Gasteiger charge is -1.98. The van der Waals surface area contributed by atoms with Crippen LogP contribution < -0.4 is 5.73 Å². The molecule has 6 nitrogen and oxygen atoms in total. The molecule has 2 N–H and O–H groups in total. The summed E-state index contributed by atoms with van der Waals surface area (Å²) in [5.41, 5.74) is 9.24. The Kier molecular flexibility index (Phi) is 1.91. The van der Waals surface area contributed by atoms with E-state index < -0.39 is 0 Å². The Balaban J connectivity index is 2.31. The molecule has 0 unspecified atom stereocenters. The van der Waals surface area contributed by atoms with Gasteiger partial charge >= 0.3 is 0 Å². The van der Waals surface area contributed by atoms with E-state index in [9.17, 15) is 0 Å². The lowest BCUT2D eigenvalue weighted by atomic mass is 10.2. The second-order valence-corrected chi connectivity index (χ2v) is 3.98. The van der Waals surface area contributed by atoms with Crippen LogP contribution in [0.25, 0.3) is 22.6 Å². The van der Waals surface area contributed by atoms with E-state index in [1.54, 1.807) is 0 Å². The molecule has 0 bridgehead atoms. The average Bonchev–Trinajstić information content (AvgIpc) is 2.83. The molecule has 0 radical (unpaired) electrons. The van der Waals surface area contributed by atoms with Gasteiger partial charge in [0, 0.05) is 7.05 Å². The summed E-state index contributed by atoms with van der Waals surface area (Å²) >= 11 is 0. The third kappa shape index (κ3) is 1.37. The Morgan fingerprint density at radius 2 is 2.12 bits per heavy atom. The van der Waals surface area contributed by atoms with Crippen LogP contribution in [0.15, 0.2) is 22.8 Å². The first-order valence-electron chi connectivity index (χ1n) is 5.18. The molecule has 0 aliphatic rings. The van der Waals surface area contributed by atoms with E-state index in [2.05, 4.69) is 19.9 Å². The van der Waals surface area contributed by atoms with E-state index in [-0.39, 0.29) is 5.82 Å². The molecule has 1 aromatic carbocycles. The predicted molar refractivity (Wildman–Crippen MR) is 63.2 cm³/mol. The van der Waals surface area contributed by atoms with Gasteiger partial charge in [-0.15, -0.1) is 0 Å². The summed E-state index contributed by atoms with van der Waals surface area (Å²) in [5, 5.41) is 7.33. The highest BCUT2D eigenvalue weighted by Gasteiger charge is 2.16. The Labute approximate surface area is 97.0 Å². The second-order valence-electron chi connectivity index (χ2n) is 3.98. The molecule has 6 heteroatoms. The third-order valence-corrected chi connectivity index (χ3v) is 2.76. The van der Waals surface area contributed by atoms with Gasteiger partial charge in [0.2, 0.25) is 0 Å². The number of anilines is 1. The van der Waals surface area contributed by atoms with Crippen molar-refractivity contribution in [2.45, 2.75) is 6.92 Å². The van der Waals surface area contributed by atoms with Gasteiger partial charge in [-0.05, 0) is 34.9 Å². The summed E-state index contributed by atoms with van der Waals surface area (Å²) in [6.45, 7) is 2.03. The Morgan fingerprint density at radius 3 is 2.82 bits per heavy atom. The van der Waals surface area contributed by atoms with Crippen molar-refractivity contribution >= 4 is 16.9 Å². The van der Waals surface area contributed by atoms with Gasteiger partial charge in [0.1, 0.15) is 0 Å². The third-order valence-electron chi connectivity index (χ3n) is 2.76. The highest BCUT2D eigenvalue weighted by Crippen LogP contribution is 2.25. The number of hydrogen-bond acceptors (Lipinski definition) is 5. The van der Waals surface area contributed by atoms with Gasteiger partial charge in [-0.1, -0.05) is 6.07 Å². The summed E-state index contributed by atoms with van der Waals surface area (Å²) in [7, 11) is 1.91. The predicted octanol–water partition coefficient (Wildman–Crippen LogP) is 1.51. The zero-order chi connectivity index (χ0) is 12.0. The van der Waals surface area contributed by atoms with Gasteiger partial charge in [0.05, 0.1) is 11.0 Å². The molecule has 0 amide bonds. The van der Waals surface area contributed by atoms with Gasteiger partial charge in [0.15, 0.2) is 17.3 Å². The molecule has 0 saturated carbocycles. The lowest BCUT2D eigenvalue weighted by Crippen LogP contribution is -1.96. The van der Waals surface area contributed by atoms with Crippen molar-refractivity contribution in [3.8, 4) is 11.5 Å². The number of imidazole rings is 1. The minimum absolute atomic E-state index is 0.250. The number of aromatic nitrogens is 4. The van der Waals surface area contributed by atoms with E-state index in [4.69, 9.17) is 5.73 Å². The fraction of sp³-hybridized carbons (Fsp3) is 0.182. The molecule has 0 saturated heterocycles. The summed E-state index contributed by atoms with van der Waals surface area (Å²) in [6, 6.07) is 6.08. The second kappa shape index (κ2) is 3.31. The monoisotopic (exact) mass is 229 g/mol. The largest absolute Gasteiger partial charge is 0.379 e. The molecule has 2 heterocycles. The van der Waals surface area contributed by atoms with Gasteiger partial charge in [0.25, 0.3) is 0 Å². The smallest absolute Gasteiger partial charge is 0.199 e. The molecule has 3 aromatic rings. The van der Waals surface area contributed by atoms with E-state index in [1.165, 1.54) is 0 Å². The summed E-state index contributed by atoms with van der Waals surface area (Å²) in [5.74, 6) is 0.907. The summed E-state index contributed by atoms with van der Waals surface area (Å²) in [4.78, 5) is 4.50. The first-order valence-corrected chi connectivity index (χ1v) is 5.18. The van der Waals surface area contributed by atoms with Gasteiger partial charge in [-0.25, -0.2) is 9.61 Å². The van der Waals surface area contributed by atoms with Gasteiger partial charge < -0.3 is 10.3 Å². The summed E-state index contributed by atoms with van der Waals surface area (Å²) in [6.07, 6.45) is 0. The zero-order valence-corrected chi connectivity index (χ0v) is 9.51. The van der Waals surface area contributed by atoms with Crippen molar-refractivity contribution in [2.24, 2.45) is 7.05 Å². The molecule has 3 rings (SSSR count). The number of rotatable bonds is 1. The quantitative estimate of drug-likeness (QED) is 0.683. The first-order chi connectivity index (χ1) is 8.16. The molecule has 0 spiro atoms. The molecule has 86 valence electrons. The number of aryl methyl sites for hydroxylation is 2. The van der Waals surface area contributed by atoms with Crippen LogP contribution in [0.1, 0.15) is 5.56 Å². The summed E-state index contributed by atoms with van der Waals surface area (Å²) < 4.78 is 6.52. The fourth-order valence-electron chi connectivity index (χ4n) is 1.87. The van der Waals surface area contributed by atoms with Crippen molar-refractivity contribution < 1.29 is 4.63 Å². The maximum atomic E-state index is 5.67. The lowest BCUT2D eigenvalue weighted by molar-refractivity contribution is 0.310. The minimum atomic E-state index is 0.250. The number of nitrogen functional groups attached to an aromatic ring is 1. The standard InChI is InChI=1S/C11H11N5O/c1-6-3-4-8-7(5-6)13-11(16(8)2)9-10(12)15-17-14-9/h3-5H,1-2H3,(H2,12,15). The van der Waals surface area contributed by atoms with Crippen LogP contribution in [0.5, 0.6) is 0 Å². The Morgan fingerprint density at radius 1 is 1.29 bits per heavy atom. The maximum Gasteiger partial charge on any atom is 0.199 e. The SMILES string of the molecule is Cc1ccc2c(c1)nc(-c1nonc1N)n2C. The van der Waals surface area contributed by atoms with E-state index in [1.807, 2.05) is 36.7 Å². The number of hydrogen-bond donors (Lipinski definition) is 1. The van der Waals surface area contributed by atoms with Crippen LogP contribution in [0.4, 0.5) is 5.82 Å². The Bertz CT molecular complexity index is 697. The van der Waals surface area contributed by atoms with Crippen LogP contribution in [0, 0.1) is 6.92 Å². The first kappa shape index (κ1) is 9.83. The van der Waals surface area contributed by atoms with Crippen LogP contribution in [0.3, 0.4) is 0 Å². The van der Waals surface area contributed by atoms with E-state index in [0.29, 0.717) is 11.5 Å². The number of nitrogens with zero attached hydrogens (tertiary/aromatic N) is 4. The topological polar surface area (TPSA) is 82.8 Å². The molecular weight excluding hydrogens is 218 g/mol. The fourth-order valence-corrected chi connectivity index (χ4v) is 1.87. The highest BCUT2D eigenvalue weighted by molar-refractivity contribution is 5.81. The molecule has 0 atom stereocenters. The average molecular weight is 229 g/mol. The van der Waals surface area contributed by atoms with Crippen molar-refractivity contribution in [3.05, 3.63) is 23.8 Å².